The Morgan fingerprint density at radius 1 is 1.12 bits per heavy atom. The van der Waals surface area contributed by atoms with E-state index >= 15 is 0 Å². The van der Waals surface area contributed by atoms with Gasteiger partial charge in [-0.2, -0.15) is 0 Å². The van der Waals surface area contributed by atoms with E-state index in [-0.39, 0.29) is 12.1 Å². The summed E-state index contributed by atoms with van der Waals surface area (Å²) >= 11 is 0. The van der Waals surface area contributed by atoms with Crippen molar-refractivity contribution in [2.24, 2.45) is 0 Å². The second-order valence-electron chi connectivity index (χ2n) is 8.56. The number of piperazine rings is 1. The summed E-state index contributed by atoms with van der Waals surface area (Å²) < 4.78 is 5.39. The standard InChI is InChI=1S/C18H33N3O5/c1-14-13-21(15(22)23)12-11-19(14)8-5-18(25)6-9-20(10-7-18)16(24)26-17(2,3)4/h14,25H,5-13H2,1-4H3,(H,22,23)/t14-/m0/s1. The molecule has 8 nitrogen and oxygen atoms in total. The quantitative estimate of drug-likeness (QED) is 0.786. The molecule has 0 saturated carbocycles. The van der Waals surface area contributed by atoms with E-state index in [2.05, 4.69) is 4.90 Å². The first-order valence-electron chi connectivity index (χ1n) is 9.41. The summed E-state index contributed by atoms with van der Waals surface area (Å²) in [5.41, 5.74) is -1.29. The van der Waals surface area contributed by atoms with E-state index in [9.17, 15) is 14.7 Å². The largest absolute Gasteiger partial charge is 0.465 e. The second kappa shape index (κ2) is 8.00. The van der Waals surface area contributed by atoms with Gasteiger partial charge in [0.15, 0.2) is 0 Å². The van der Waals surface area contributed by atoms with Crippen molar-refractivity contribution in [1.82, 2.24) is 14.7 Å². The van der Waals surface area contributed by atoms with Crippen molar-refractivity contribution in [1.29, 1.82) is 0 Å². The van der Waals surface area contributed by atoms with Crippen molar-refractivity contribution in [3.05, 3.63) is 0 Å². The lowest BCUT2D eigenvalue weighted by Crippen LogP contribution is -2.55. The maximum absolute atomic E-state index is 12.1. The highest BCUT2D eigenvalue weighted by molar-refractivity contribution is 5.68. The molecule has 2 amide bonds. The summed E-state index contributed by atoms with van der Waals surface area (Å²) in [5.74, 6) is 0. The number of likely N-dealkylation sites (tertiary alicyclic amines) is 1. The number of hydrogen-bond donors (Lipinski definition) is 2. The molecule has 0 aliphatic carbocycles. The Morgan fingerprint density at radius 3 is 2.23 bits per heavy atom. The fourth-order valence-corrected chi connectivity index (χ4v) is 3.53. The van der Waals surface area contributed by atoms with Crippen LogP contribution in [0.2, 0.25) is 0 Å². The number of amides is 2. The summed E-state index contributed by atoms with van der Waals surface area (Å²) in [6, 6.07) is 0.144. The minimum absolute atomic E-state index is 0.144. The third-order valence-corrected chi connectivity index (χ3v) is 5.25. The van der Waals surface area contributed by atoms with Crippen molar-refractivity contribution in [3.63, 3.8) is 0 Å². The monoisotopic (exact) mass is 371 g/mol. The van der Waals surface area contributed by atoms with Gasteiger partial charge in [0.1, 0.15) is 5.60 Å². The van der Waals surface area contributed by atoms with Gasteiger partial charge in [-0.25, -0.2) is 9.59 Å². The Morgan fingerprint density at radius 2 is 1.73 bits per heavy atom. The van der Waals surface area contributed by atoms with Crippen LogP contribution in [0.25, 0.3) is 0 Å². The first kappa shape index (κ1) is 20.8. The van der Waals surface area contributed by atoms with Gasteiger partial charge >= 0.3 is 12.2 Å². The fraction of sp³-hybridized carbons (Fsp3) is 0.889. The molecular formula is C18H33N3O5. The summed E-state index contributed by atoms with van der Waals surface area (Å²) in [6.45, 7) is 11.0. The highest BCUT2D eigenvalue weighted by Crippen LogP contribution is 2.27. The zero-order chi connectivity index (χ0) is 19.5. The van der Waals surface area contributed by atoms with Gasteiger partial charge in [0.25, 0.3) is 0 Å². The SMILES string of the molecule is C[C@H]1CN(C(=O)O)CCN1CCC1(O)CCN(C(=O)OC(C)(C)C)CC1. The van der Waals surface area contributed by atoms with Crippen molar-refractivity contribution >= 4 is 12.2 Å². The molecule has 2 fully saturated rings. The third-order valence-electron chi connectivity index (χ3n) is 5.25. The molecule has 0 unspecified atom stereocenters. The van der Waals surface area contributed by atoms with Crippen LogP contribution in [0.4, 0.5) is 9.59 Å². The summed E-state index contributed by atoms with van der Waals surface area (Å²) in [4.78, 5) is 28.5. The molecule has 2 heterocycles. The fourth-order valence-electron chi connectivity index (χ4n) is 3.53. The molecule has 26 heavy (non-hydrogen) atoms. The topological polar surface area (TPSA) is 93.5 Å². The number of hydrogen-bond acceptors (Lipinski definition) is 5. The first-order chi connectivity index (χ1) is 12.0. The molecule has 0 aromatic carbocycles. The summed E-state index contributed by atoms with van der Waals surface area (Å²) in [7, 11) is 0. The van der Waals surface area contributed by atoms with E-state index < -0.39 is 17.3 Å². The number of aliphatic hydroxyl groups is 1. The molecule has 2 saturated heterocycles. The number of piperidine rings is 1. The lowest BCUT2D eigenvalue weighted by atomic mass is 9.88. The van der Waals surface area contributed by atoms with E-state index in [1.54, 1.807) is 4.90 Å². The van der Waals surface area contributed by atoms with E-state index in [0.29, 0.717) is 52.0 Å². The molecule has 1 atom stereocenters. The van der Waals surface area contributed by atoms with Crippen molar-refractivity contribution < 1.29 is 24.5 Å². The molecule has 0 aromatic rings. The third kappa shape index (κ3) is 5.74. The Kier molecular flexibility index (Phi) is 6.39. The van der Waals surface area contributed by atoms with Crippen LogP contribution in [0, 0.1) is 0 Å². The van der Waals surface area contributed by atoms with E-state index in [1.807, 2.05) is 27.7 Å². The molecule has 2 aliphatic rings. The molecular weight excluding hydrogens is 338 g/mol. The molecule has 8 heteroatoms. The van der Waals surface area contributed by atoms with Gasteiger partial charge < -0.3 is 24.7 Å². The van der Waals surface area contributed by atoms with Gasteiger partial charge in [-0.3, -0.25) is 4.90 Å². The van der Waals surface area contributed by atoms with Crippen molar-refractivity contribution in [3.8, 4) is 0 Å². The summed E-state index contributed by atoms with van der Waals surface area (Å²) in [6.07, 6.45) is 0.514. The number of rotatable bonds is 3. The molecule has 150 valence electrons. The van der Waals surface area contributed by atoms with Crippen LogP contribution in [0.5, 0.6) is 0 Å². The van der Waals surface area contributed by atoms with Crippen molar-refractivity contribution in [2.45, 2.75) is 64.2 Å². The maximum Gasteiger partial charge on any atom is 0.410 e. The Labute approximate surface area is 155 Å². The minimum Gasteiger partial charge on any atom is -0.465 e. The molecule has 2 N–H and O–H groups in total. The van der Waals surface area contributed by atoms with Gasteiger partial charge in [0.05, 0.1) is 5.60 Å². The average Bonchev–Trinajstić information content (AvgIpc) is 2.52. The number of carbonyl (C=O) groups excluding carboxylic acids is 1. The lowest BCUT2D eigenvalue weighted by molar-refractivity contribution is -0.0449. The first-order valence-corrected chi connectivity index (χ1v) is 9.41. The molecule has 2 rings (SSSR count). The van der Waals surface area contributed by atoms with Crippen LogP contribution in [0.15, 0.2) is 0 Å². The smallest absolute Gasteiger partial charge is 0.410 e. The van der Waals surface area contributed by atoms with Crippen LogP contribution < -0.4 is 0 Å². The Bertz CT molecular complexity index is 511. The van der Waals surface area contributed by atoms with Gasteiger partial charge in [-0.1, -0.05) is 0 Å². The number of nitrogens with zero attached hydrogens (tertiary/aromatic N) is 3. The predicted octanol–water partition coefficient (Wildman–Crippen LogP) is 1.82. The van der Waals surface area contributed by atoms with Crippen LogP contribution in [-0.4, -0.2) is 93.6 Å². The minimum atomic E-state index is -0.871. The molecule has 2 aliphatic heterocycles. The van der Waals surface area contributed by atoms with Gasteiger partial charge in [0.2, 0.25) is 0 Å². The van der Waals surface area contributed by atoms with Crippen LogP contribution in [0.3, 0.4) is 0 Å². The number of carboxylic acid groups (broad SMARTS) is 1. The molecule has 0 radical (unpaired) electrons. The highest BCUT2D eigenvalue weighted by Gasteiger charge is 2.36. The van der Waals surface area contributed by atoms with Gasteiger partial charge in [0, 0.05) is 45.3 Å². The van der Waals surface area contributed by atoms with Crippen LogP contribution >= 0.6 is 0 Å². The average molecular weight is 371 g/mol. The van der Waals surface area contributed by atoms with Gasteiger partial charge in [-0.15, -0.1) is 0 Å². The number of ether oxygens (including phenoxy) is 1. The van der Waals surface area contributed by atoms with E-state index in [0.717, 1.165) is 6.54 Å². The maximum atomic E-state index is 12.1. The normalized spacial score (nSPS) is 24.4. The van der Waals surface area contributed by atoms with Gasteiger partial charge in [-0.05, 0) is 47.0 Å². The summed E-state index contributed by atoms with van der Waals surface area (Å²) in [5, 5.41) is 19.9. The zero-order valence-electron chi connectivity index (χ0n) is 16.4. The molecule has 0 aromatic heterocycles. The van der Waals surface area contributed by atoms with E-state index in [4.69, 9.17) is 9.84 Å². The van der Waals surface area contributed by atoms with Crippen LogP contribution in [-0.2, 0) is 4.74 Å². The number of carbonyl (C=O) groups is 2. The molecule has 0 bridgehead atoms. The second-order valence-corrected chi connectivity index (χ2v) is 8.56. The van der Waals surface area contributed by atoms with E-state index in [1.165, 1.54) is 4.90 Å². The molecule has 0 spiro atoms. The highest BCUT2D eigenvalue weighted by atomic mass is 16.6. The predicted molar refractivity (Wildman–Crippen MR) is 97.2 cm³/mol. The Hall–Kier alpha value is -1.54. The Balaban J connectivity index is 1.77. The lowest BCUT2D eigenvalue weighted by Gasteiger charge is -2.42. The zero-order valence-corrected chi connectivity index (χ0v) is 16.4. The van der Waals surface area contributed by atoms with Crippen molar-refractivity contribution in [2.75, 3.05) is 39.3 Å². The van der Waals surface area contributed by atoms with Crippen LogP contribution in [0.1, 0.15) is 47.0 Å².